The number of likely N-dealkylation sites (tertiary alicyclic amines) is 1. The van der Waals surface area contributed by atoms with Gasteiger partial charge < -0.3 is 25.8 Å². The Morgan fingerprint density at radius 1 is 1.16 bits per heavy atom. The molecule has 1 aromatic carbocycles. The maximum absolute atomic E-state index is 12.3. The number of amides is 3. The van der Waals surface area contributed by atoms with Crippen LogP contribution in [0.3, 0.4) is 0 Å². The molecule has 0 unspecified atom stereocenters. The van der Waals surface area contributed by atoms with Crippen molar-refractivity contribution in [2.75, 3.05) is 13.1 Å². The van der Waals surface area contributed by atoms with Gasteiger partial charge in [0.2, 0.25) is 5.91 Å². The van der Waals surface area contributed by atoms with Crippen LogP contribution >= 0.6 is 0 Å². The Bertz CT molecular complexity index is 666. The van der Waals surface area contributed by atoms with Crippen molar-refractivity contribution in [3.8, 4) is 0 Å². The van der Waals surface area contributed by atoms with Gasteiger partial charge in [-0.25, -0.2) is 4.79 Å². The van der Waals surface area contributed by atoms with Crippen LogP contribution in [0.2, 0.25) is 0 Å². The molecule has 8 heteroatoms. The molecule has 1 aliphatic rings. The highest BCUT2D eigenvalue weighted by atomic mass is 16.6. The maximum Gasteiger partial charge on any atom is 0.410 e. The number of benzene rings is 1. The molecular formula is C17H23N3O5. The van der Waals surface area contributed by atoms with Crippen LogP contribution in [0.15, 0.2) is 24.3 Å². The van der Waals surface area contributed by atoms with Crippen LogP contribution in [0.4, 0.5) is 4.79 Å². The number of primary amides is 1. The summed E-state index contributed by atoms with van der Waals surface area (Å²) in [5.41, 5.74) is 5.15. The maximum atomic E-state index is 12.3. The first kappa shape index (κ1) is 18.7. The predicted octanol–water partition coefficient (Wildman–Crippen LogP) is 0.496. The van der Waals surface area contributed by atoms with E-state index in [1.54, 1.807) is 20.8 Å². The van der Waals surface area contributed by atoms with Crippen LogP contribution in [-0.4, -0.2) is 58.8 Å². The minimum atomic E-state index is -0.888. The van der Waals surface area contributed by atoms with Gasteiger partial charge in [-0.15, -0.1) is 0 Å². The van der Waals surface area contributed by atoms with Crippen LogP contribution in [-0.2, 0) is 4.74 Å². The van der Waals surface area contributed by atoms with Gasteiger partial charge in [-0.2, -0.15) is 0 Å². The van der Waals surface area contributed by atoms with Gasteiger partial charge in [-0.1, -0.05) is 0 Å². The molecule has 1 saturated heterocycles. The first-order valence-corrected chi connectivity index (χ1v) is 7.93. The van der Waals surface area contributed by atoms with Gasteiger partial charge in [0.05, 0.1) is 18.7 Å². The number of carbonyl (C=O) groups excluding carboxylic acids is 3. The number of hydrogen-bond acceptors (Lipinski definition) is 5. The zero-order valence-corrected chi connectivity index (χ0v) is 14.5. The summed E-state index contributed by atoms with van der Waals surface area (Å²) in [5, 5.41) is 12.8. The third-order valence-corrected chi connectivity index (χ3v) is 3.69. The van der Waals surface area contributed by atoms with Crippen molar-refractivity contribution < 1.29 is 24.2 Å². The molecule has 2 atom stereocenters. The van der Waals surface area contributed by atoms with Gasteiger partial charge >= 0.3 is 6.09 Å². The van der Waals surface area contributed by atoms with E-state index < -0.39 is 35.7 Å². The molecule has 2 rings (SSSR count). The van der Waals surface area contributed by atoms with Gasteiger partial charge in [0.1, 0.15) is 5.60 Å². The minimum Gasteiger partial charge on any atom is -0.444 e. The number of nitrogens with zero attached hydrogens (tertiary/aromatic N) is 1. The van der Waals surface area contributed by atoms with E-state index in [-0.39, 0.29) is 13.1 Å². The van der Waals surface area contributed by atoms with Crippen LogP contribution in [0.25, 0.3) is 0 Å². The van der Waals surface area contributed by atoms with E-state index >= 15 is 0 Å². The van der Waals surface area contributed by atoms with E-state index in [2.05, 4.69) is 5.32 Å². The highest BCUT2D eigenvalue weighted by molar-refractivity contribution is 5.97. The fourth-order valence-corrected chi connectivity index (χ4v) is 2.44. The molecule has 8 nitrogen and oxygen atoms in total. The Labute approximate surface area is 145 Å². The molecule has 25 heavy (non-hydrogen) atoms. The normalized spacial score (nSPS) is 20.2. The Balaban J connectivity index is 1.97. The summed E-state index contributed by atoms with van der Waals surface area (Å²) in [5.74, 6) is -0.989. The third-order valence-electron chi connectivity index (χ3n) is 3.69. The van der Waals surface area contributed by atoms with Crippen molar-refractivity contribution in [3.63, 3.8) is 0 Å². The van der Waals surface area contributed by atoms with E-state index in [1.807, 2.05) is 0 Å². The van der Waals surface area contributed by atoms with E-state index in [0.717, 1.165) is 0 Å². The molecule has 0 radical (unpaired) electrons. The smallest absolute Gasteiger partial charge is 0.410 e. The molecule has 0 aromatic heterocycles. The second-order valence-electron chi connectivity index (χ2n) is 6.97. The summed E-state index contributed by atoms with van der Waals surface area (Å²) >= 11 is 0. The summed E-state index contributed by atoms with van der Waals surface area (Å²) in [6.07, 6.45) is -1.42. The predicted molar refractivity (Wildman–Crippen MR) is 90.0 cm³/mol. The summed E-state index contributed by atoms with van der Waals surface area (Å²) in [4.78, 5) is 36.7. The lowest BCUT2D eigenvalue weighted by Gasteiger charge is -2.24. The molecule has 4 N–H and O–H groups in total. The van der Waals surface area contributed by atoms with Gasteiger partial charge in [0.25, 0.3) is 5.91 Å². The zero-order valence-electron chi connectivity index (χ0n) is 14.5. The lowest BCUT2D eigenvalue weighted by molar-refractivity contribution is 0.0269. The molecule has 0 bridgehead atoms. The average molecular weight is 349 g/mol. The molecule has 0 saturated carbocycles. The summed E-state index contributed by atoms with van der Waals surface area (Å²) in [7, 11) is 0. The number of β-amino-alcohol motifs (C(OH)–C–C–N with tert-alkyl or cyclic N) is 1. The quantitative estimate of drug-likeness (QED) is 0.733. The molecule has 1 aliphatic heterocycles. The lowest BCUT2D eigenvalue weighted by Crippen LogP contribution is -2.43. The highest BCUT2D eigenvalue weighted by Gasteiger charge is 2.37. The lowest BCUT2D eigenvalue weighted by atomic mass is 10.1. The number of nitrogens with one attached hydrogen (secondary N) is 1. The number of aliphatic hydroxyl groups excluding tert-OH is 1. The molecule has 136 valence electrons. The summed E-state index contributed by atoms with van der Waals surface area (Å²) < 4.78 is 5.26. The number of hydrogen-bond donors (Lipinski definition) is 3. The van der Waals surface area contributed by atoms with Gasteiger partial charge in [-0.05, 0) is 45.0 Å². The van der Waals surface area contributed by atoms with E-state index in [4.69, 9.17) is 10.5 Å². The number of ether oxygens (including phenoxy) is 1. The fourth-order valence-electron chi connectivity index (χ4n) is 2.44. The summed E-state index contributed by atoms with van der Waals surface area (Å²) in [6.45, 7) is 5.51. The number of aliphatic hydroxyl groups is 1. The molecule has 1 aromatic rings. The Hall–Kier alpha value is -2.61. The molecule has 3 amide bonds. The number of rotatable bonds is 3. The number of nitrogens with two attached hydrogens (primary N) is 1. The molecule has 1 fully saturated rings. The Kier molecular flexibility index (Phi) is 5.32. The van der Waals surface area contributed by atoms with E-state index in [9.17, 15) is 19.5 Å². The SMILES string of the molecule is CC(C)(C)OC(=O)N1C[C@@H](O)[C@H](NC(=O)c2ccc(C(N)=O)cc2)C1. The monoisotopic (exact) mass is 349 g/mol. The molecule has 0 spiro atoms. The van der Waals surface area contributed by atoms with Crippen molar-refractivity contribution in [1.29, 1.82) is 0 Å². The van der Waals surface area contributed by atoms with Crippen LogP contribution < -0.4 is 11.1 Å². The van der Waals surface area contributed by atoms with Gasteiger partial charge in [-0.3, -0.25) is 9.59 Å². The van der Waals surface area contributed by atoms with Crippen LogP contribution in [0, 0.1) is 0 Å². The van der Waals surface area contributed by atoms with Crippen molar-refractivity contribution in [1.82, 2.24) is 10.2 Å². The largest absolute Gasteiger partial charge is 0.444 e. The first-order chi connectivity index (χ1) is 11.6. The van der Waals surface area contributed by atoms with E-state index in [0.29, 0.717) is 11.1 Å². The average Bonchev–Trinajstić information content (AvgIpc) is 2.87. The van der Waals surface area contributed by atoms with E-state index in [1.165, 1.54) is 29.2 Å². The third kappa shape index (κ3) is 4.93. The van der Waals surface area contributed by atoms with Crippen molar-refractivity contribution in [3.05, 3.63) is 35.4 Å². The molecule has 1 heterocycles. The standard InChI is InChI=1S/C17H23N3O5/c1-17(2,3)25-16(24)20-8-12(13(21)9-20)19-15(23)11-6-4-10(5-7-11)14(18)22/h4-7,12-13,21H,8-9H2,1-3H3,(H2,18,22)(H,19,23)/t12-,13-/m1/s1. The summed E-state index contributed by atoms with van der Waals surface area (Å²) in [6, 6.07) is 5.26. The second-order valence-corrected chi connectivity index (χ2v) is 6.97. The van der Waals surface area contributed by atoms with Crippen LogP contribution in [0.1, 0.15) is 41.5 Å². The minimum absolute atomic E-state index is 0.0838. The topological polar surface area (TPSA) is 122 Å². The van der Waals surface area contributed by atoms with Crippen molar-refractivity contribution in [2.45, 2.75) is 38.5 Å². The second kappa shape index (κ2) is 7.10. The Morgan fingerprint density at radius 3 is 2.24 bits per heavy atom. The van der Waals surface area contributed by atoms with Crippen LogP contribution in [0.5, 0.6) is 0 Å². The van der Waals surface area contributed by atoms with Crippen molar-refractivity contribution in [2.24, 2.45) is 5.73 Å². The highest BCUT2D eigenvalue weighted by Crippen LogP contribution is 2.16. The number of carbonyl (C=O) groups is 3. The molecular weight excluding hydrogens is 326 g/mol. The van der Waals surface area contributed by atoms with Crippen molar-refractivity contribution >= 4 is 17.9 Å². The zero-order chi connectivity index (χ0) is 18.8. The van der Waals surface area contributed by atoms with Gasteiger partial charge in [0.15, 0.2) is 0 Å². The van der Waals surface area contributed by atoms with Gasteiger partial charge in [0, 0.05) is 17.7 Å². The molecule has 0 aliphatic carbocycles. The first-order valence-electron chi connectivity index (χ1n) is 7.93. The Morgan fingerprint density at radius 2 is 1.72 bits per heavy atom. The fraction of sp³-hybridized carbons (Fsp3) is 0.471.